The lowest BCUT2D eigenvalue weighted by atomic mass is 10.1. The number of benzene rings is 1. The maximum atomic E-state index is 5.71. The normalized spacial score (nSPS) is 18.0. The lowest BCUT2D eigenvalue weighted by Crippen LogP contribution is -1.96. The molecule has 1 N–H and O–H groups in total. The van der Waals surface area contributed by atoms with Gasteiger partial charge in [0.1, 0.15) is 5.82 Å². The van der Waals surface area contributed by atoms with Gasteiger partial charge < -0.3 is 14.3 Å². The van der Waals surface area contributed by atoms with E-state index in [9.17, 15) is 0 Å². The number of aromatic nitrogens is 4. The fourth-order valence-electron chi connectivity index (χ4n) is 2.91. The standard InChI is InChI=1S/C17H18N4O/c1-12-4-5-13(9-15(12)21-7-6-18-11-21)17-19-10-14(20-17)16-3-2-8-22-16/h4-7,9-11,16H,2-3,8H2,1H3,(H,19,20)/t16-/m0/s1. The minimum Gasteiger partial charge on any atom is -0.372 e. The van der Waals surface area contributed by atoms with Crippen molar-refractivity contribution in [2.75, 3.05) is 6.61 Å². The lowest BCUT2D eigenvalue weighted by molar-refractivity contribution is 0.109. The van der Waals surface area contributed by atoms with Crippen LogP contribution >= 0.6 is 0 Å². The smallest absolute Gasteiger partial charge is 0.137 e. The Bertz CT molecular complexity index is 770. The Kier molecular flexibility index (Phi) is 3.27. The van der Waals surface area contributed by atoms with Gasteiger partial charge in [-0.05, 0) is 31.4 Å². The maximum absolute atomic E-state index is 5.71. The molecular formula is C17H18N4O. The molecule has 2 aromatic heterocycles. The van der Waals surface area contributed by atoms with E-state index in [4.69, 9.17) is 4.74 Å². The SMILES string of the molecule is Cc1ccc(-c2ncc([C@@H]3CCCO3)[nH]2)cc1-n1ccnc1. The van der Waals surface area contributed by atoms with Gasteiger partial charge in [-0.1, -0.05) is 12.1 Å². The van der Waals surface area contributed by atoms with Gasteiger partial charge in [-0.3, -0.25) is 0 Å². The van der Waals surface area contributed by atoms with E-state index in [0.29, 0.717) is 0 Å². The van der Waals surface area contributed by atoms with Crippen molar-refractivity contribution >= 4 is 0 Å². The van der Waals surface area contributed by atoms with Gasteiger partial charge in [-0.2, -0.15) is 0 Å². The monoisotopic (exact) mass is 294 g/mol. The Labute approximate surface area is 129 Å². The molecule has 5 heteroatoms. The molecule has 0 unspecified atom stereocenters. The van der Waals surface area contributed by atoms with E-state index < -0.39 is 0 Å². The predicted molar refractivity (Wildman–Crippen MR) is 83.8 cm³/mol. The molecule has 3 heterocycles. The lowest BCUT2D eigenvalue weighted by Gasteiger charge is -2.09. The molecule has 22 heavy (non-hydrogen) atoms. The van der Waals surface area contributed by atoms with Gasteiger partial charge in [0.2, 0.25) is 0 Å². The van der Waals surface area contributed by atoms with Crippen molar-refractivity contribution in [2.45, 2.75) is 25.9 Å². The molecule has 1 aromatic carbocycles. The summed E-state index contributed by atoms with van der Waals surface area (Å²) >= 11 is 0. The van der Waals surface area contributed by atoms with E-state index >= 15 is 0 Å². The highest BCUT2D eigenvalue weighted by atomic mass is 16.5. The first-order valence-electron chi connectivity index (χ1n) is 7.57. The molecule has 0 radical (unpaired) electrons. The number of ether oxygens (including phenoxy) is 1. The van der Waals surface area contributed by atoms with Crippen LogP contribution in [0.2, 0.25) is 0 Å². The highest BCUT2D eigenvalue weighted by Crippen LogP contribution is 2.29. The van der Waals surface area contributed by atoms with Gasteiger partial charge in [0.25, 0.3) is 0 Å². The summed E-state index contributed by atoms with van der Waals surface area (Å²) in [4.78, 5) is 12.0. The van der Waals surface area contributed by atoms with Crippen LogP contribution in [0.25, 0.3) is 17.1 Å². The first-order valence-corrected chi connectivity index (χ1v) is 7.57. The van der Waals surface area contributed by atoms with Crippen LogP contribution in [-0.2, 0) is 4.74 Å². The van der Waals surface area contributed by atoms with Crippen LogP contribution in [-0.4, -0.2) is 26.1 Å². The largest absolute Gasteiger partial charge is 0.372 e. The van der Waals surface area contributed by atoms with Crippen LogP contribution < -0.4 is 0 Å². The van der Waals surface area contributed by atoms with Crippen molar-refractivity contribution in [3.05, 3.63) is 54.4 Å². The number of nitrogens with one attached hydrogen (secondary N) is 1. The molecule has 0 bridgehead atoms. The number of imidazole rings is 2. The fourth-order valence-corrected chi connectivity index (χ4v) is 2.91. The van der Waals surface area contributed by atoms with E-state index in [2.05, 4.69) is 40.1 Å². The van der Waals surface area contributed by atoms with Gasteiger partial charge in [-0.25, -0.2) is 9.97 Å². The Hall–Kier alpha value is -2.40. The molecule has 1 fully saturated rings. The van der Waals surface area contributed by atoms with Crippen LogP contribution in [0.5, 0.6) is 0 Å². The quantitative estimate of drug-likeness (QED) is 0.805. The molecule has 1 aliphatic heterocycles. The van der Waals surface area contributed by atoms with Crippen molar-refractivity contribution in [3.8, 4) is 17.1 Å². The second kappa shape index (κ2) is 5.42. The Morgan fingerprint density at radius 3 is 3.09 bits per heavy atom. The van der Waals surface area contributed by atoms with Crippen LogP contribution in [0.1, 0.15) is 30.2 Å². The van der Waals surface area contributed by atoms with Crippen molar-refractivity contribution in [2.24, 2.45) is 0 Å². The van der Waals surface area contributed by atoms with Crippen molar-refractivity contribution in [3.63, 3.8) is 0 Å². The summed E-state index contributed by atoms with van der Waals surface area (Å²) in [6, 6.07) is 6.34. The molecule has 4 rings (SSSR count). The second-order valence-electron chi connectivity index (χ2n) is 5.66. The summed E-state index contributed by atoms with van der Waals surface area (Å²) in [5.74, 6) is 0.881. The van der Waals surface area contributed by atoms with Crippen molar-refractivity contribution in [1.82, 2.24) is 19.5 Å². The molecule has 112 valence electrons. The van der Waals surface area contributed by atoms with Crippen molar-refractivity contribution in [1.29, 1.82) is 0 Å². The van der Waals surface area contributed by atoms with Crippen LogP contribution in [0.4, 0.5) is 0 Å². The molecule has 0 aliphatic carbocycles. The molecule has 3 aromatic rings. The number of nitrogens with zero attached hydrogens (tertiary/aromatic N) is 3. The minimum atomic E-state index is 0.166. The Morgan fingerprint density at radius 2 is 2.32 bits per heavy atom. The van der Waals surface area contributed by atoms with Gasteiger partial charge in [0.05, 0.1) is 30.0 Å². The number of aryl methyl sites for hydroxylation is 1. The van der Waals surface area contributed by atoms with Gasteiger partial charge in [0, 0.05) is 24.6 Å². The summed E-state index contributed by atoms with van der Waals surface area (Å²) in [7, 11) is 0. The summed E-state index contributed by atoms with van der Waals surface area (Å²) in [5, 5.41) is 0. The van der Waals surface area contributed by atoms with Gasteiger partial charge >= 0.3 is 0 Å². The molecule has 1 saturated heterocycles. The summed E-state index contributed by atoms with van der Waals surface area (Å²) < 4.78 is 7.72. The predicted octanol–water partition coefficient (Wildman–Crippen LogP) is 3.42. The molecular weight excluding hydrogens is 276 g/mol. The van der Waals surface area contributed by atoms with E-state index in [1.165, 1.54) is 5.56 Å². The zero-order valence-corrected chi connectivity index (χ0v) is 12.5. The third kappa shape index (κ3) is 2.33. The van der Waals surface area contributed by atoms with Crippen LogP contribution in [0.15, 0.2) is 43.1 Å². The zero-order valence-electron chi connectivity index (χ0n) is 12.5. The number of aromatic amines is 1. The molecule has 0 spiro atoms. The van der Waals surface area contributed by atoms with Crippen LogP contribution in [0, 0.1) is 6.92 Å². The number of rotatable bonds is 3. The molecule has 5 nitrogen and oxygen atoms in total. The first-order chi connectivity index (χ1) is 10.8. The number of hydrogen-bond donors (Lipinski definition) is 1. The van der Waals surface area contributed by atoms with Gasteiger partial charge in [-0.15, -0.1) is 0 Å². The summed E-state index contributed by atoms with van der Waals surface area (Å²) in [5.41, 5.74) is 4.45. The zero-order chi connectivity index (χ0) is 14.9. The van der Waals surface area contributed by atoms with E-state index in [-0.39, 0.29) is 6.10 Å². The molecule has 1 aliphatic rings. The van der Waals surface area contributed by atoms with Crippen LogP contribution in [0.3, 0.4) is 0 Å². The number of H-pyrrole nitrogens is 1. The topological polar surface area (TPSA) is 55.7 Å². The fraction of sp³-hybridized carbons (Fsp3) is 0.294. The highest BCUT2D eigenvalue weighted by molar-refractivity contribution is 5.61. The average molecular weight is 294 g/mol. The third-order valence-corrected chi connectivity index (χ3v) is 4.14. The van der Waals surface area contributed by atoms with E-state index in [0.717, 1.165) is 42.2 Å². The summed E-state index contributed by atoms with van der Waals surface area (Å²) in [6.45, 7) is 2.94. The van der Waals surface area contributed by atoms with E-state index in [1.807, 2.05) is 23.3 Å². The molecule has 1 atom stereocenters. The molecule has 0 saturated carbocycles. The summed E-state index contributed by atoms with van der Waals surface area (Å²) in [6.07, 6.45) is 9.79. The maximum Gasteiger partial charge on any atom is 0.137 e. The Balaban J connectivity index is 1.69. The second-order valence-corrected chi connectivity index (χ2v) is 5.66. The number of hydrogen-bond acceptors (Lipinski definition) is 3. The highest BCUT2D eigenvalue weighted by Gasteiger charge is 2.20. The third-order valence-electron chi connectivity index (χ3n) is 4.14. The van der Waals surface area contributed by atoms with Gasteiger partial charge in [0.15, 0.2) is 0 Å². The van der Waals surface area contributed by atoms with E-state index in [1.54, 1.807) is 6.20 Å². The van der Waals surface area contributed by atoms with Crippen molar-refractivity contribution < 1.29 is 4.74 Å². The average Bonchev–Trinajstić information content (AvgIpc) is 3.28. The minimum absolute atomic E-state index is 0.166. The Morgan fingerprint density at radius 1 is 1.36 bits per heavy atom. The molecule has 0 amide bonds. The first kappa shape index (κ1) is 13.3.